The SMILES string of the molecule is Brc1ccc2ccoc2c1.Brc1cccc2occc12.CC.CC.CC.CC.CC.CC.Clc1ccc2ccoc2c1.Clc1cccc2occc12.Fc1ccc2ccoc2c1.Fc1cccc2occc12. The molecule has 6 nitrogen and oxygen atoms in total. The van der Waals surface area contributed by atoms with Crippen LogP contribution in [0.3, 0.4) is 0 Å². The van der Waals surface area contributed by atoms with Gasteiger partial charge in [-0.3, -0.25) is 0 Å². The van der Waals surface area contributed by atoms with Gasteiger partial charge in [0.15, 0.2) is 0 Å². The van der Waals surface area contributed by atoms with E-state index in [-0.39, 0.29) is 11.6 Å². The number of halogens is 6. The van der Waals surface area contributed by atoms with Gasteiger partial charge in [-0.2, -0.15) is 0 Å². The lowest BCUT2D eigenvalue weighted by Crippen LogP contribution is -1.70. The van der Waals surface area contributed by atoms with E-state index in [4.69, 9.17) is 49.7 Å². The van der Waals surface area contributed by atoms with E-state index in [1.807, 2.05) is 174 Å². The molecular weight excluding hydrogens is 1090 g/mol. The van der Waals surface area contributed by atoms with Crippen molar-refractivity contribution in [2.75, 3.05) is 0 Å². The van der Waals surface area contributed by atoms with Crippen molar-refractivity contribution in [2.45, 2.75) is 83.1 Å². The smallest absolute Gasteiger partial charge is 0.136 e. The van der Waals surface area contributed by atoms with Crippen molar-refractivity contribution >= 4 is 121 Å². The average Bonchev–Trinajstić information content (AvgIpc) is 4.30. The van der Waals surface area contributed by atoms with Crippen LogP contribution in [0, 0.1) is 11.6 Å². The van der Waals surface area contributed by atoms with Crippen LogP contribution in [0.2, 0.25) is 10.0 Å². The molecule has 0 radical (unpaired) electrons. The zero-order valence-electron chi connectivity index (χ0n) is 43.0. The molecule has 0 saturated heterocycles. The van der Waals surface area contributed by atoms with Gasteiger partial charge in [-0.05, 0) is 115 Å². The van der Waals surface area contributed by atoms with E-state index in [0.29, 0.717) is 21.6 Å². The molecule has 0 aliphatic rings. The van der Waals surface area contributed by atoms with Crippen LogP contribution in [0.1, 0.15) is 83.1 Å². The highest BCUT2D eigenvalue weighted by Gasteiger charge is 2.01. The van der Waals surface area contributed by atoms with Gasteiger partial charge in [0, 0.05) is 47.0 Å². The molecule has 0 spiro atoms. The fourth-order valence-corrected chi connectivity index (χ4v) is 6.87. The predicted molar refractivity (Wildman–Crippen MR) is 311 cm³/mol. The van der Waals surface area contributed by atoms with Crippen LogP contribution in [-0.2, 0) is 0 Å². The Morgan fingerprint density at radius 2 is 0.736 bits per heavy atom. The molecule has 0 aliphatic heterocycles. The molecule has 0 amide bonds. The Balaban J connectivity index is 0.000000414. The summed E-state index contributed by atoms with van der Waals surface area (Å²) in [5.41, 5.74) is 4.73. The normalized spacial score (nSPS) is 9.25. The van der Waals surface area contributed by atoms with Crippen molar-refractivity contribution in [1.29, 1.82) is 0 Å². The number of fused-ring (bicyclic) bond motifs is 6. The molecule has 6 aromatic heterocycles. The number of hydrogen-bond acceptors (Lipinski definition) is 6. The second-order valence-corrected chi connectivity index (χ2v) is 15.1. The number of benzene rings is 6. The molecule has 0 N–H and O–H groups in total. The Labute approximate surface area is 450 Å². The molecule has 0 unspecified atom stereocenters. The van der Waals surface area contributed by atoms with E-state index < -0.39 is 0 Å². The van der Waals surface area contributed by atoms with Gasteiger partial charge in [-0.15, -0.1) is 0 Å². The fraction of sp³-hybridized carbons (Fsp3) is 0.200. The highest BCUT2D eigenvalue weighted by Crippen LogP contribution is 2.25. The number of rotatable bonds is 0. The van der Waals surface area contributed by atoms with Crippen LogP contribution in [0.4, 0.5) is 8.78 Å². The van der Waals surface area contributed by atoms with Crippen molar-refractivity contribution in [3.05, 3.63) is 214 Å². The monoisotopic (exact) mass is 1150 g/mol. The maximum atomic E-state index is 12.8. The van der Waals surface area contributed by atoms with Crippen molar-refractivity contribution < 1.29 is 35.3 Å². The molecule has 12 heteroatoms. The van der Waals surface area contributed by atoms with E-state index in [9.17, 15) is 8.78 Å². The van der Waals surface area contributed by atoms with Crippen LogP contribution in [0.25, 0.3) is 65.8 Å². The molecule has 0 saturated carbocycles. The largest absolute Gasteiger partial charge is 0.464 e. The van der Waals surface area contributed by atoms with Crippen molar-refractivity contribution in [2.24, 2.45) is 0 Å². The first kappa shape index (κ1) is 64.0. The van der Waals surface area contributed by atoms with Gasteiger partial charge in [-0.1, -0.05) is 162 Å². The first-order valence-electron chi connectivity index (χ1n) is 24.0. The minimum absolute atomic E-state index is 0.230. The predicted octanol–water partition coefficient (Wildman–Crippen LogP) is 23.9. The van der Waals surface area contributed by atoms with E-state index in [1.165, 1.54) is 24.5 Å². The van der Waals surface area contributed by atoms with Crippen LogP contribution < -0.4 is 0 Å². The van der Waals surface area contributed by atoms with Crippen molar-refractivity contribution in [1.82, 2.24) is 0 Å². The van der Waals surface area contributed by atoms with Gasteiger partial charge in [0.2, 0.25) is 0 Å². The third kappa shape index (κ3) is 20.6. The zero-order valence-corrected chi connectivity index (χ0v) is 47.7. The van der Waals surface area contributed by atoms with Crippen molar-refractivity contribution in [3.8, 4) is 0 Å². The second-order valence-electron chi connectivity index (χ2n) is 12.5. The summed E-state index contributed by atoms with van der Waals surface area (Å²) in [5, 5.41) is 7.26. The summed E-state index contributed by atoms with van der Waals surface area (Å²) in [5.74, 6) is -0.492. The third-order valence-electron chi connectivity index (χ3n) is 8.58. The first-order valence-corrected chi connectivity index (χ1v) is 26.3. The molecule has 0 aliphatic carbocycles. The summed E-state index contributed by atoms with van der Waals surface area (Å²) in [6.07, 6.45) is 9.70. The molecule has 72 heavy (non-hydrogen) atoms. The highest BCUT2D eigenvalue weighted by molar-refractivity contribution is 9.11. The minimum atomic E-state index is -0.262. The van der Waals surface area contributed by atoms with Gasteiger partial charge in [0.25, 0.3) is 0 Å². The van der Waals surface area contributed by atoms with E-state index >= 15 is 0 Å². The Kier molecular flexibility index (Phi) is 33.5. The van der Waals surface area contributed by atoms with Gasteiger partial charge >= 0.3 is 0 Å². The second kappa shape index (κ2) is 37.7. The van der Waals surface area contributed by atoms with Gasteiger partial charge in [-0.25, -0.2) is 8.78 Å². The molecule has 6 heterocycles. The Morgan fingerprint density at radius 3 is 1.25 bits per heavy atom. The van der Waals surface area contributed by atoms with Crippen LogP contribution in [-0.4, -0.2) is 0 Å². The lowest BCUT2D eigenvalue weighted by molar-refractivity contribution is 0.599. The Hall–Kier alpha value is -6.04. The first-order chi connectivity index (χ1) is 35.2. The number of hydrogen-bond donors (Lipinski definition) is 0. The summed E-state index contributed by atoms with van der Waals surface area (Å²) >= 11 is 18.3. The quantitative estimate of drug-likeness (QED) is 0.151. The van der Waals surface area contributed by atoms with E-state index in [0.717, 1.165) is 63.2 Å². The average molecular weight is 1150 g/mol. The van der Waals surface area contributed by atoms with Crippen LogP contribution >= 0.6 is 55.1 Å². The topological polar surface area (TPSA) is 78.8 Å². The standard InChI is InChI=1S/2C8H5BrO.2C8H5ClO.2C8H5FO.6C2H6/c9-7-2-1-6-3-4-10-8(6)5-7;9-7-2-1-3-8-6(7)4-5-10-8;9-7-2-1-6-3-4-10-8(6)5-7;9-7-2-1-3-8-6(7)4-5-10-8;9-7-2-1-6-3-4-10-8(6)5-7;9-7-2-1-3-8-6(7)4-5-10-8;6*1-2/h6*1-5H;6*1-2H3. The maximum Gasteiger partial charge on any atom is 0.136 e. The Morgan fingerprint density at radius 1 is 0.347 bits per heavy atom. The van der Waals surface area contributed by atoms with Gasteiger partial charge in [0.05, 0.1) is 48.0 Å². The third-order valence-corrected chi connectivity index (χ3v) is 10.3. The van der Waals surface area contributed by atoms with Crippen molar-refractivity contribution in [3.63, 3.8) is 0 Å². The van der Waals surface area contributed by atoms with Gasteiger partial charge < -0.3 is 26.5 Å². The summed E-state index contributed by atoms with van der Waals surface area (Å²) in [4.78, 5) is 0. The lowest BCUT2D eigenvalue weighted by atomic mass is 10.2. The molecule has 0 fully saturated rings. The highest BCUT2D eigenvalue weighted by atomic mass is 79.9. The molecule has 0 atom stereocenters. The fourth-order valence-electron chi connectivity index (χ4n) is 5.66. The molecule has 384 valence electrons. The maximum absolute atomic E-state index is 12.8. The minimum Gasteiger partial charge on any atom is -0.464 e. The van der Waals surface area contributed by atoms with Crippen LogP contribution in [0.5, 0.6) is 0 Å². The molecule has 6 aromatic carbocycles. The number of furan rings is 6. The lowest BCUT2D eigenvalue weighted by Gasteiger charge is -1.88. The van der Waals surface area contributed by atoms with E-state index in [1.54, 1.807) is 67.7 Å². The molecule has 12 rings (SSSR count). The summed E-state index contributed by atoms with van der Waals surface area (Å²) in [6, 6.07) is 43.4. The molecule has 0 bridgehead atoms. The summed E-state index contributed by atoms with van der Waals surface area (Å²) in [6.45, 7) is 24.0. The zero-order chi connectivity index (χ0) is 53.8. The Bertz CT molecular complexity index is 2890. The summed E-state index contributed by atoms with van der Waals surface area (Å²) in [7, 11) is 0. The summed E-state index contributed by atoms with van der Waals surface area (Å²) < 4.78 is 57.8. The molecule has 12 aromatic rings. The molecular formula is C60H66Br2Cl2F2O6. The van der Waals surface area contributed by atoms with Crippen LogP contribution in [0.15, 0.2) is 219 Å². The van der Waals surface area contributed by atoms with E-state index in [2.05, 4.69) is 31.9 Å². The van der Waals surface area contributed by atoms with Gasteiger partial charge in [0.1, 0.15) is 45.1 Å².